The number of nitrogens with one attached hydrogen (secondary N) is 1. The van der Waals surface area contributed by atoms with Crippen LogP contribution in [0.15, 0.2) is 12.1 Å². The van der Waals surface area contributed by atoms with Gasteiger partial charge in [-0.05, 0) is 0 Å². The van der Waals surface area contributed by atoms with Gasteiger partial charge in [0, 0.05) is 17.8 Å². The monoisotopic (exact) mass is 247 g/mol. The van der Waals surface area contributed by atoms with E-state index in [9.17, 15) is 8.78 Å². The first-order valence-electron chi connectivity index (χ1n) is 4.94. The van der Waals surface area contributed by atoms with Gasteiger partial charge in [-0.15, -0.1) is 0 Å². The summed E-state index contributed by atoms with van der Waals surface area (Å²) in [6.07, 6.45) is -2.42. The third-order valence-corrected chi connectivity index (χ3v) is 2.13. The van der Waals surface area contributed by atoms with Gasteiger partial charge in [0.2, 0.25) is 5.75 Å². The molecule has 96 valence electrons. The lowest BCUT2D eigenvalue weighted by molar-refractivity contribution is 0.163. The quantitative estimate of drug-likeness (QED) is 0.837. The topological polar surface area (TPSA) is 39.7 Å². The lowest BCUT2D eigenvalue weighted by Crippen LogP contribution is -2.10. The summed E-state index contributed by atoms with van der Waals surface area (Å²) < 4.78 is 39.5. The second-order valence-corrected chi connectivity index (χ2v) is 3.19. The van der Waals surface area contributed by atoms with Crippen molar-refractivity contribution in [3.05, 3.63) is 12.1 Å². The number of anilines is 1. The molecule has 0 unspecified atom stereocenters. The summed E-state index contributed by atoms with van der Waals surface area (Å²) in [4.78, 5) is 0. The fourth-order valence-electron chi connectivity index (χ4n) is 1.38. The number of halogens is 2. The smallest absolute Gasteiger partial charge is 0.255 e. The number of benzene rings is 1. The van der Waals surface area contributed by atoms with Gasteiger partial charge >= 0.3 is 0 Å². The molecule has 0 atom stereocenters. The van der Waals surface area contributed by atoms with Crippen LogP contribution in [-0.4, -0.2) is 34.3 Å². The third kappa shape index (κ3) is 3.37. The van der Waals surface area contributed by atoms with Crippen molar-refractivity contribution in [1.82, 2.24) is 0 Å². The summed E-state index contributed by atoms with van der Waals surface area (Å²) in [5, 5.41) is 2.58. The fourth-order valence-corrected chi connectivity index (χ4v) is 1.38. The van der Waals surface area contributed by atoms with Crippen molar-refractivity contribution < 1.29 is 23.0 Å². The highest BCUT2D eigenvalue weighted by molar-refractivity contribution is 5.62. The van der Waals surface area contributed by atoms with Crippen LogP contribution in [0.3, 0.4) is 0 Å². The number of alkyl halides is 2. The van der Waals surface area contributed by atoms with Gasteiger partial charge in [-0.3, -0.25) is 0 Å². The van der Waals surface area contributed by atoms with Crippen molar-refractivity contribution >= 4 is 5.69 Å². The van der Waals surface area contributed by atoms with Gasteiger partial charge in [0.1, 0.15) is 0 Å². The predicted octanol–water partition coefficient (Wildman–Crippen LogP) is 2.39. The average Bonchev–Trinajstić information content (AvgIpc) is 2.34. The van der Waals surface area contributed by atoms with Crippen molar-refractivity contribution in [2.24, 2.45) is 0 Å². The Balaban J connectivity index is 3.00. The first-order valence-corrected chi connectivity index (χ1v) is 4.94. The highest BCUT2D eigenvalue weighted by atomic mass is 19.3. The van der Waals surface area contributed by atoms with Crippen LogP contribution in [0.2, 0.25) is 0 Å². The molecule has 0 saturated heterocycles. The average molecular weight is 247 g/mol. The molecule has 0 saturated carbocycles. The zero-order chi connectivity index (χ0) is 12.8. The van der Waals surface area contributed by atoms with E-state index in [0.29, 0.717) is 22.9 Å². The second-order valence-electron chi connectivity index (χ2n) is 3.19. The van der Waals surface area contributed by atoms with Crippen LogP contribution < -0.4 is 19.5 Å². The molecule has 17 heavy (non-hydrogen) atoms. The van der Waals surface area contributed by atoms with Crippen molar-refractivity contribution in [3.63, 3.8) is 0 Å². The maximum atomic E-state index is 12.1. The lowest BCUT2D eigenvalue weighted by Gasteiger charge is -2.14. The van der Waals surface area contributed by atoms with Gasteiger partial charge in [-0.2, -0.15) is 0 Å². The molecule has 0 aromatic heterocycles. The van der Waals surface area contributed by atoms with Crippen molar-refractivity contribution in [1.29, 1.82) is 0 Å². The van der Waals surface area contributed by atoms with Gasteiger partial charge in [0.25, 0.3) is 6.43 Å². The minimum absolute atomic E-state index is 0.420. The maximum absolute atomic E-state index is 12.1. The number of hydrogen-bond acceptors (Lipinski definition) is 4. The van der Waals surface area contributed by atoms with Crippen LogP contribution in [0.25, 0.3) is 0 Å². The fraction of sp³-hybridized carbons (Fsp3) is 0.455. The van der Waals surface area contributed by atoms with Crippen LogP contribution >= 0.6 is 0 Å². The van der Waals surface area contributed by atoms with Gasteiger partial charge in [-0.1, -0.05) is 0 Å². The van der Waals surface area contributed by atoms with Crippen LogP contribution in [-0.2, 0) is 0 Å². The molecule has 0 spiro atoms. The van der Waals surface area contributed by atoms with Crippen LogP contribution in [0, 0.1) is 0 Å². The zero-order valence-electron chi connectivity index (χ0n) is 9.92. The molecule has 0 aliphatic heterocycles. The molecule has 0 bridgehead atoms. The predicted molar refractivity (Wildman–Crippen MR) is 60.6 cm³/mol. The Hall–Kier alpha value is -1.72. The normalized spacial score (nSPS) is 10.2. The summed E-state index contributed by atoms with van der Waals surface area (Å²) >= 11 is 0. The minimum atomic E-state index is -2.42. The molecule has 1 aromatic rings. The molecule has 1 aromatic carbocycles. The van der Waals surface area contributed by atoms with E-state index in [0.717, 1.165) is 0 Å². The van der Waals surface area contributed by atoms with Crippen LogP contribution in [0.4, 0.5) is 14.5 Å². The summed E-state index contributed by atoms with van der Waals surface area (Å²) in [6.45, 7) is -0.432. The number of hydrogen-bond donors (Lipinski definition) is 1. The molecule has 0 aliphatic carbocycles. The summed E-state index contributed by atoms with van der Waals surface area (Å²) in [6, 6.07) is 3.15. The van der Waals surface area contributed by atoms with E-state index >= 15 is 0 Å². The largest absolute Gasteiger partial charge is 0.493 e. The molecule has 4 nitrogen and oxygen atoms in total. The second kappa shape index (κ2) is 6.12. The Bertz CT molecular complexity index is 347. The highest BCUT2D eigenvalue weighted by Crippen LogP contribution is 2.39. The number of ether oxygens (including phenoxy) is 3. The maximum Gasteiger partial charge on any atom is 0.255 e. The van der Waals surface area contributed by atoms with E-state index in [-0.39, 0.29) is 0 Å². The summed E-state index contributed by atoms with van der Waals surface area (Å²) in [5.74, 6) is 1.27. The summed E-state index contributed by atoms with van der Waals surface area (Å²) in [7, 11) is 4.41. The van der Waals surface area contributed by atoms with Crippen molar-refractivity contribution in [2.45, 2.75) is 6.43 Å². The molecule has 0 fully saturated rings. The Morgan fingerprint density at radius 3 is 1.94 bits per heavy atom. The molecule has 0 heterocycles. The molecule has 1 rings (SSSR count). The Morgan fingerprint density at radius 1 is 1.06 bits per heavy atom. The van der Waals surface area contributed by atoms with E-state index in [1.165, 1.54) is 21.3 Å². The van der Waals surface area contributed by atoms with E-state index in [1.54, 1.807) is 12.1 Å². The van der Waals surface area contributed by atoms with E-state index < -0.39 is 13.0 Å². The highest BCUT2D eigenvalue weighted by Gasteiger charge is 2.13. The number of methoxy groups -OCH3 is 3. The molecular weight excluding hydrogens is 232 g/mol. The standard InChI is InChI=1S/C11H15F2NO3/c1-15-8-4-7(14-6-10(12)13)5-9(16-2)11(8)17-3/h4-5,10,14H,6H2,1-3H3. The molecule has 1 N–H and O–H groups in total. The molecule has 6 heteroatoms. The summed E-state index contributed by atoms with van der Waals surface area (Å²) in [5.41, 5.74) is 0.486. The Morgan fingerprint density at radius 2 is 1.59 bits per heavy atom. The Kier molecular flexibility index (Phi) is 4.81. The van der Waals surface area contributed by atoms with Gasteiger partial charge < -0.3 is 19.5 Å². The van der Waals surface area contributed by atoms with Crippen LogP contribution in [0.1, 0.15) is 0 Å². The van der Waals surface area contributed by atoms with E-state index in [2.05, 4.69) is 5.32 Å². The number of rotatable bonds is 6. The first kappa shape index (κ1) is 13.3. The Labute approximate surface area is 98.5 Å². The van der Waals surface area contributed by atoms with Crippen LogP contribution in [0.5, 0.6) is 17.2 Å². The zero-order valence-corrected chi connectivity index (χ0v) is 9.92. The van der Waals surface area contributed by atoms with E-state index in [1.807, 2.05) is 0 Å². The third-order valence-electron chi connectivity index (χ3n) is 2.13. The molecular formula is C11H15F2NO3. The minimum Gasteiger partial charge on any atom is -0.493 e. The van der Waals surface area contributed by atoms with E-state index in [4.69, 9.17) is 14.2 Å². The van der Waals surface area contributed by atoms with Gasteiger partial charge in [0.05, 0.1) is 27.9 Å². The lowest BCUT2D eigenvalue weighted by atomic mass is 10.2. The first-order chi connectivity index (χ1) is 8.12. The van der Waals surface area contributed by atoms with Crippen molar-refractivity contribution in [2.75, 3.05) is 33.2 Å². The SMILES string of the molecule is COc1cc(NCC(F)F)cc(OC)c1OC. The van der Waals surface area contributed by atoms with Crippen molar-refractivity contribution in [3.8, 4) is 17.2 Å². The van der Waals surface area contributed by atoms with Gasteiger partial charge in [-0.25, -0.2) is 8.78 Å². The molecule has 0 radical (unpaired) electrons. The molecule has 0 amide bonds. The molecule has 0 aliphatic rings. The van der Waals surface area contributed by atoms with Gasteiger partial charge in [0.15, 0.2) is 11.5 Å².